The number of halogens is 1. The third kappa shape index (κ3) is 2.19. The Labute approximate surface area is 115 Å². The van der Waals surface area contributed by atoms with Crippen LogP contribution in [0.5, 0.6) is 0 Å². The molecule has 0 amide bonds. The van der Waals surface area contributed by atoms with Crippen molar-refractivity contribution in [3.05, 3.63) is 53.9 Å². The van der Waals surface area contributed by atoms with Gasteiger partial charge in [0.15, 0.2) is 0 Å². The van der Waals surface area contributed by atoms with E-state index in [0.717, 1.165) is 28.0 Å². The predicted octanol–water partition coefficient (Wildman–Crippen LogP) is 4.59. The molecule has 2 nitrogen and oxygen atoms in total. The number of thiophene rings is 1. The van der Waals surface area contributed by atoms with Crippen LogP contribution in [0.1, 0.15) is 6.92 Å². The number of rotatable bonds is 3. The average Bonchev–Trinajstić information content (AvgIpc) is 2.84. The average molecular weight is 272 g/mol. The summed E-state index contributed by atoms with van der Waals surface area (Å²) in [6.07, 6.45) is 3.57. The molecule has 2 aromatic heterocycles. The van der Waals surface area contributed by atoms with Crippen molar-refractivity contribution in [2.75, 3.05) is 11.4 Å². The molecule has 1 aromatic carbocycles. The maximum absolute atomic E-state index is 13.2. The highest BCUT2D eigenvalue weighted by molar-refractivity contribution is 7.17. The van der Waals surface area contributed by atoms with Gasteiger partial charge >= 0.3 is 0 Å². The number of hydrogen-bond acceptors (Lipinski definition) is 3. The molecule has 3 rings (SSSR count). The van der Waals surface area contributed by atoms with Crippen LogP contribution in [0.15, 0.2) is 48.1 Å². The SMILES string of the molecule is CCN(c1ccncc1)c1csc2cc(F)ccc12. The van der Waals surface area contributed by atoms with E-state index in [9.17, 15) is 4.39 Å². The lowest BCUT2D eigenvalue weighted by atomic mass is 10.2. The van der Waals surface area contributed by atoms with E-state index in [1.807, 2.05) is 18.2 Å². The molecule has 0 fully saturated rings. The van der Waals surface area contributed by atoms with Gasteiger partial charge in [-0.25, -0.2) is 4.39 Å². The van der Waals surface area contributed by atoms with Crippen LogP contribution in [-0.4, -0.2) is 11.5 Å². The third-order valence-electron chi connectivity index (χ3n) is 3.10. The van der Waals surface area contributed by atoms with Gasteiger partial charge in [-0.05, 0) is 37.3 Å². The molecule has 0 aliphatic rings. The highest BCUT2D eigenvalue weighted by Crippen LogP contribution is 2.36. The Morgan fingerprint density at radius 3 is 2.74 bits per heavy atom. The van der Waals surface area contributed by atoms with Crippen molar-refractivity contribution >= 4 is 32.8 Å². The van der Waals surface area contributed by atoms with Crippen LogP contribution in [0.2, 0.25) is 0 Å². The van der Waals surface area contributed by atoms with Crippen LogP contribution in [0.3, 0.4) is 0 Å². The molecule has 0 spiro atoms. The molecule has 0 unspecified atom stereocenters. The van der Waals surface area contributed by atoms with Crippen LogP contribution < -0.4 is 4.90 Å². The topological polar surface area (TPSA) is 16.1 Å². The fourth-order valence-corrected chi connectivity index (χ4v) is 3.19. The summed E-state index contributed by atoms with van der Waals surface area (Å²) in [5.74, 6) is -0.187. The number of nitrogens with zero attached hydrogens (tertiary/aromatic N) is 2. The third-order valence-corrected chi connectivity index (χ3v) is 4.03. The Hall–Kier alpha value is -1.94. The standard InChI is InChI=1S/C15H13FN2S/c1-2-18(12-5-7-17-8-6-12)14-10-19-15-9-11(16)3-4-13(14)15/h3-10H,2H2,1H3. The molecule has 0 saturated carbocycles. The van der Waals surface area contributed by atoms with Crippen molar-refractivity contribution in [3.63, 3.8) is 0 Å². The van der Waals surface area contributed by atoms with Gasteiger partial charge in [0.05, 0.1) is 5.69 Å². The quantitative estimate of drug-likeness (QED) is 0.693. The molecule has 0 N–H and O–H groups in total. The predicted molar refractivity (Wildman–Crippen MR) is 78.7 cm³/mol. The Balaban J connectivity index is 2.12. The highest BCUT2D eigenvalue weighted by atomic mass is 32.1. The summed E-state index contributed by atoms with van der Waals surface area (Å²) in [7, 11) is 0. The summed E-state index contributed by atoms with van der Waals surface area (Å²) in [6, 6.07) is 8.91. The normalized spacial score (nSPS) is 10.8. The summed E-state index contributed by atoms with van der Waals surface area (Å²) < 4.78 is 14.2. The van der Waals surface area contributed by atoms with Gasteiger partial charge in [0.2, 0.25) is 0 Å². The second-order valence-electron chi connectivity index (χ2n) is 4.21. The van der Waals surface area contributed by atoms with Crippen molar-refractivity contribution < 1.29 is 4.39 Å². The zero-order valence-corrected chi connectivity index (χ0v) is 11.3. The van der Waals surface area contributed by atoms with Crippen LogP contribution in [0, 0.1) is 5.82 Å². The zero-order chi connectivity index (χ0) is 13.2. The number of pyridine rings is 1. The van der Waals surface area contributed by atoms with Gasteiger partial charge in [0.1, 0.15) is 5.82 Å². The fraction of sp³-hybridized carbons (Fsp3) is 0.133. The van der Waals surface area contributed by atoms with Gasteiger partial charge in [0.25, 0.3) is 0 Å². The van der Waals surface area contributed by atoms with Gasteiger partial charge in [-0.3, -0.25) is 4.98 Å². The van der Waals surface area contributed by atoms with Gasteiger partial charge in [-0.1, -0.05) is 0 Å². The molecule has 0 radical (unpaired) electrons. The van der Waals surface area contributed by atoms with Crippen molar-refractivity contribution in [2.24, 2.45) is 0 Å². The maximum Gasteiger partial charge on any atom is 0.124 e. The minimum Gasteiger partial charge on any atom is -0.340 e. The Morgan fingerprint density at radius 2 is 2.00 bits per heavy atom. The van der Waals surface area contributed by atoms with E-state index in [2.05, 4.69) is 22.2 Å². The molecule has 0 aliphatic heterocycles. The summed E-state index contributed by atoms with van der Waals surface area (Å²) in [4.78, 5) is 6.25. The smallest absolute Gasteiger partial charge is 0.124 e. The van der Waals surface area contributed by atoms with E-state index in [1.54, 1.807) is 29.8 Å². The largest absolute Gasteiger partial charge is 0.340 e. The first-order valence-electron chi connectivity index (χ1n) is 6.14. The molecule has 2 heterocycles. The zero-order valence-electron chi connectivity index (χ0n) is 10.5. The maximum atomic E-state index is 13.2. The molecule has 96 valence electrons. The number of aromatic nitrogens is 1. The number of anilines is 2. The summed E-state index contributed by atoms with van der Waals surface area (Å²) in [6.45, 7) is 2.96. The van der Waals surface area contributed by atoms with Crippen LogP contribution in [0.25, 0.3) is 10.1 Å². The number of benzene rings is 1. The van der Waals surface area contributed by atoms with Crippen molar-refractivity contribution in [1.29, 1.82) is 0 Å². The first-order valence-corrected chi connectivity index (χ1v) is 7.02. The molecule has 0 atom stereocenters. The van der Waals surface area contributed by atoms with Crippen LogP contribution in [-0.2, 0) is 0 Å². The van der Waals surface area contributed by atoms with Gasteiger partial charge in [-0.2, -0.15) is 0 Å². The second kappa shape index (κ2) is 4.97. The molecule has 0 bridgehead atoms. The molecule has 19 heavy (non-hydrogen) atoms. The first kappa shape index (κ1) is 12.1. The van der Waals surface area contributed by atoms with Crippen LogP contribution >= 0.6 is 11.3 Å². The summed E-state index contributed by atoms with van der Waals surface area (Å²) in [5.41, 5.74) is 2.22. The first-order chi connectivity index (χ1) is 9.29. The van der Waals surface area contributed by atoms with Crippen molar-refractivity contribution in [2.45, 2.75) is 6.92 Å². The van der Waals surface area contributed by atoms with E-state index in [0.29, 0.717) is 0 Å². The monoisotopic (exact) mass is 272 g/mol. The van der Waals surface area contributed by atoms with E-state index in [-0.39, 0.29) is 5.82 Å². The minimum absolute atomic E-state index is 0.187. The lowest BCUT2D eigenvalue weighted by molar-refractivity contribution is 0.630. The molecule has 0 aliphatic carbocycles. The molecule has 3 aromatic rings. The van der Waals surface area contributed by atoms with E-state index < -0.39 is 0 Å². The Morgan fingerprint density at radius 1 is 1.21 bits per heavy atom. The van der Waals surface area contributed by atoms with Gasteiger partial charge in [0, 0.05) is 40.1 Å². The Kier molecular flexibility index (Phi) is 3.17. The van der Waals surface area contributed by atoms with Gasteiger partial charge < -0.3 is 4.90 Å². The lowest BCUT2D eigenvalue weighted by Crippen LogP contribution is -2.15. The van der Waals surface area contributed by atoms with Crippen LogP contribution in [0.4, 0.5) is 15.8 Å². The summed E-state index contributed by atoms with van der Waals surface area (Å²) in [5, 5.41) is 3.17. The molecular weight excluding hydrogens is 259 g/mol. The molecule has 4 heteroatoms. The molecular formula is C15H13FN2S. The van der Waals surface area contributed by atoms with E-state index >= 15 is 0 Å². The number of hydrogen-bond donors (Lipinski definition) is 0. The lowest BCUT2D eigenvalue weighted by Gasteiger charge is -2.22. The van der Waals surface area contributed by atoms with E-state index in [1.165, 1.54) is 6.07 Å². The van der Waals surface area contributed by atoms with Crippen molar-refractivity contribution in [3.8, 4) is 0 Å². The summed E-state index contributed by atoms with van der Waals surface area (Å²) >= 11 is 1.57. The second-order valence-corrected chi connectivity index (χ2v) is 5.12. The van der Waals surface area contributed by atoms with Gasteiger partial charge in [-0.15, -0.1) is 11.3 Å². The fourth-order valence-electron chi connectivity index (χ4n) is 2.21. The van der Waals surface area contributed by atoms with Crippen molar-refractivity contribution in [1.82, 2.24) is 4.98 Å². The van der Waals surface area contributed by atoms with E-state index in [4.69, 9.17) is 0 Å². The Bertz CT molecular complexity index is 694. The number of fused-ring (bicyclic) bond motifs is 1. The molecule has 0 saturated heterocycles. The highest BCUT2D eigenvalue weighted by Gasteiger charge is 2.12. The minimum atomic E-state index is -0.187.